The molecule has 0 spiro atoms. The summed E-state index contributed by atoms with van der Waals surface area (Å²) in [5.74, 6) is 0.102. The molecule has 1 aliphatic heterocycles. The molecule has 4 aromatic rings. The Morgan fingerprint density at radius 3 is 2.86 bits per heavy atom. The first-order valence-corrected chi connectivity index (χ1v) is 9.97. The number of fused-ring (bicyclic) bond motifs is 3. The summed E-state index contributed by atoms with van der Waals surface area (Å²) < 4.78 is 47.5. The van der Waals surface area contributed by atoms with Crippen LogP contribution in [0.2, 0.25) is 0 Å². The van der Waals surface area contributed by atoms with E-state index in [-0.39, 0.29) is 30.0 Å². The van der Waals surface area contributed by atoms with Gasteiger partial charge in [0.25, 0.3) is 0 Å². The van der Waals surface area contributed by atoms with E-state index in [0.29, 0.717) is 52.9 Å². The first kappa shape index (κ1) is 13.5. The van der Waals surface area contributed by atoms with Crippen molar-refractivity contribution in [3.8, 4) is 17.0 Å². The molecule has 0 atom stereocenters. The smallest absolute Gasteiger partial charge is 0.195 e. The molecule has 3 heterocycles. The minimum absolute atomic E-state index is 0.0620. The number of benzene rings is 2. The van der Waals surface area contributed by atoms with Crippen molar-refractivity contribution in [2.75, 3.05) is 45.2 Å². The fraction of sp³-hybridized carbons (Fsp3) is 0.286. The third-order valence-corrected chi connectivity index (χ3v) is 5.67. The monoisotopic (exact) mass is 398 g/mol. The summed E-state index contributed by atoms with van der Waals surface area (Å²) in [5.41, 5.74) is 7.95. The molecule has 7 heteroatoms. The highest BCUT2D eigenvalue weighted by molar-refractivity contribution is 7.23. The first-order chi connectivity index (χ1) is 15.5. The van der Waals surface area contributed by atoms with Crippen LogP contribution in [0.1, 0.15) is 5.48 Å². The van der Waals surface area contributed by atoms with Crippen LogP contribution in [0.25, 0.3) is 26.4 Å². The Morgan fingerprint density at radius 2 is 2.04 bits per heavy atom. The molecule has 0 radical (unpaired) electrons. The van der Waals surface area contributed by atoms with E-state index in [1.165, 1.54) is 11.3 Å². The molecule has 0 bridgehead atoms. The number of imidazole rings is 1. The Balaban J connectivity index is 1.52. The van der Waals surface area contributed by atoms with Gasteiger partial charge in [0.15, 0.2) is 4.96 Å². The molecular formula is C21H22N4O2S. The second-order valence-electron chi connectivity index (χ2n) is 6.60. The summed E-state index contributed by atoms with van der Waals surface area (Å²) >= 11 is 1.23. The molecule has 2 aromatic heterocycles. The van der Waals surface area contributed by atoms with Crippen LogP contribution < -0.4 is 10.5 Å². The molecule has 1 aliphatic rings. The van der Waals surface area contributed by atoms with Gasteiger partial charge < -0.3 is 15.2 Å². The Labute approximate surface area is 172 Å². The second kappa shape index (κ2) is 7.43. The van der Waals surface area contributed by atoms with E-state index in [4.69, 9.17) is 20.7 Å². The molecule has 1 fully saturated rings. The predicted octanol–water partition coefficient (Wildman–Crippen LogP) is 3.51. The summed E-state index contributed by atoms with van der Waals surface area (Å²) in [6, 6.07) is 6.95. The molecule has 0 aliphatic carbocycles. The van der Waals surface area contributed by atoms with Crippen LogP contribution in [0.15, 0.2) is 48.6 Å². The lowest BCUT2D eigenvalue weighted by Crippen LogP contribution is -2.38. The van der Waals surface area contributed by atoms with Crippen LogP contribution in [0.3, 0.4) is 0 Å². The number of ether oxygens (including phenoxy) is 2. The minimum Gasteiger partial charge on any atom is -0.492 e. The zero-order valence-corrected chi connectivity index (χ0v) is 16.0. The lowest BCUT2D eigenvalue weighted by atomic mass is 10.1. The molecule has 6 nitrogen and oxygen atoms in total. The zero-order valence-electron chi connectivity index (χ0n) is 19.2. The normalized spacial score (nSPS) is 17.4. The molecule has 144 valence electrons. The van der Waals surface area contributed by atoms with Crippen molar-refractivity contribution in [2.45, 2.75) is 0 Å². The van der Waals surface area contributed by atoms with Crippen molar-refractivity contribution < 1.29 is 15.0 Å². The van der Waals surface area contributed by atoms with E-state index >= 15 is 0 Å². The largest absolute Gasteiger partial charge is 0.492 e. The van der Waals surface area contributed by atoms with E-state index in [0.717, 1.165) is 18.7 Å². The summed E-state index contributed by atoms with van der Waals surface area (Å²) in [5, 5.41) is 0. The van der Waals surface area contributed by atoms with Crippen LogP contribution in [0.5, 0.6) is 5.75 Å². The molecule has 5 rings (SSSR count). The van der Waals surface area contributed by atoms with Crippen LogP contribution in [0, 0.1) is 0 Å². The van der Waals surface area contributed by atoms with Gasteiger partial charge in [0, 0.05) is 37.1 Å². The number of hydrogen-bond donors (Lipinski definition) is 1. The number of rotatable bonds is 5. The fourth-order valence-corrected chi connectivity index (χ4v) is 4.11. The van der Waals surface area contributed by atoms with Gasteiger partial charge in [-0.3, -0.25) is 9.30 Å². The van der Waals surface area contributed by atoms with Crippen LogP contribution >= 0.6 is 11.3 Å². The third kappa shape index (κ3) is 3.44. The SMILES string of the molecule is [2H]c1c(OCCN2CCOCC2)c([2H])c2sc3nc(-c4ccc(N)cc4)c([2H])n3c2c1[2H]. The maximum Gasteiger partial charge on any atom is 0.195 e. The highest BCUT2D eigenvalue weighted by Gasteiger charge is 2.12. The molecule has 28 heavy (non-hydrogen) atoms. The number of morpholine rings is 1. The fourth-order valence-electron chi connectivity index (χ4n) is 3.18. The quantitative estimate of drug-likeness (QED) is 0.521. The molecule has 0 saturated carbocycles. The van der Waals surface area contributed by atoms with Crippen molar-refractivity contribution in [1.82, 2.24) is 14.3 Å². The second-order valence-corrected chi connectivity index (χ2v) is 7.58. The van der Waals surface area contributed by atoms with Crippen molar-refractivity contribution in [3.63, 3.8) is 0 Å². The highest BCUT2D eigenvalue weighted by Crippen LogP contribution is 2.32. The lowest BCUT2D eigenvalue weighted by Gasteiger charge is -2.26. The van der Waals surface area contributed by atoms with Gasteiger partial charge in [0.1, 0.15) is 12.4 Å². The number of thiazole rings is 1. The number of hydrogen-bond acceptors (Lipinski definition) is 6. The van der Waals surface area contributed by atoms with E-state index in [1.807, 2.05) is 0 Å². The maximum absolute atomic E-state index is 8.65. The van der Waals surface area contributed by atoms with Crippen LogP contribution in [0.4, 0.5) is 5.69 Å². The first-order valence-electron chi connectivity index (χ1n) is 11.2. The van der Waals surface area contributed by atoms with Crippen molar-refractivity contribution in [3.05, 3.63) is 48.6 Å². The number of anilines is 1. The standard InChI is InChI=1S/C21H22N4O2S/c22-16-3-1-15(2-4-16)18-14-25-19-6-5-17(13-20(19)28-21(25)23-18)27-12-9-24-7-10-26-11-8-24/h1-6,13-14H,7-12,22H2/i5D,6D,13D,14D. The van der Waals surface area contributed by atoms with Crippen molar-refractivity contribution in [1.29, 1.82) is 0 Å². The summed E-state index contributed by atoms with van der Waals surface area (Å²) in [6.45, 7) is 4.05. The topological polar surface area (TPSA) is 65.0 Å². The predicted molar refractivity (Wildman–Crippen MR) is 113 cm³/mol. The van der Waals surface area contributed by atoms with E-state index in [2.05, 4.69) is 9.88 Å². The Kier molecular flexibility index (Phi) is 3.59. The van der Waals surface area contributed by atoms with Gasteiger partial charge in [0.05, 0.1) is 34.6 Å². The average Bonchev–Trinajstić information content (AvgIpc) is 3.33. The summed E-state index contributed by atoms with van der Waals surface area (Å²) in [4.78, 5) is 7.29. The highest BCUT2D eigenvalue weighted by atomic mass is 32.1. The zero-order chi connectivity index (χ0) is 22.4. The number of nitrogen functional groups attached to an aromatic ring is 1. The van der Waals surface area contributed by atoms with Crippen LogP contribution in [-0.4, -0.2) is 53.7 Å². The number of nitrogens with zero attached hydrogens (tertiary/aromatic N) is 3. The average molecular weight is 399 g/mol. The van der Waals surface area contributed by atoms with Gasteiger partial charge in [-0.05, 0) is 30.3 Å². The summed E-state index contributed by atoms with van der Waals surface area (Å²) in [7, 11) is 0. The molecule has 0 amide bonds. The maximum atomic E-state index is 8.65. The minimum atomic E-state index is -0.147. The van der Waals surface area contributed by atoms with E-state index in [9.17, 15) is 0 Å². The van der Waals surface area contributed by atoms with E-state index < -0.39 is 0 Å². The summed E-state index contributed by atoms with van der Waals surface area (Å²) in [6.07, 6.45) is 0.115. The third-order valence-electron chi connectivity index (χ3n) is 4.71. The van der Waals surface area contributed by atoms with E-state index in [1.54, 1.807) is 28.7 Å². The van der Waals surface area contributed by atoms with Gasteiger partial charge in [-0.2, -0.15) is 0 Å². The Hall–Kier alpha value is -2.61. The Morgan fingerprint density at radius 1 is 1.21 bits per heavy atom. The van der Waals surface area contributed by atoms with Crippen molar-refractivity contribution >= 4 is 32.2 Å². The van der Waals surface area contributed by atoms with Crippen molar-refractivity contribution in [2.24, 2.45) is 0 Å². The molecule has 2 N–H and O–H groups in total. The van der Waals surface area contributed by atoms with Gasteiger partial charge in [-0.25, -0.2) is 4.98 Å². The Bertz CT molecular complexity index is 1300. The lowest BCUT2D eigenvalue weighted by molar-refractivity contribution is 0.0322. The molecular weight excluding hydrogens is 372 g/mol. The van der Waals surface area contributed by atoms with Gasteiger partial charge in [0.2, 0.25) is 0 Å². The van der Waals surface area contributed by atoms with Crippen LogP contribution in [-0.2, 0) is 4.74 Å². The van der Waals surface area contributed by atoms with Gasteiger partial charge in [-0.1, -0.05) is 23.5 Å². The van der Waals surface area contributed by atoms with Gasteiger partial charge >= 0.3 is 0 Å². The molecule has 0 unspecified atom stereocenters. The molecule has 1 saturated heterocycles. The number of aromatic nitrogens is 2. The molecule has 2 aromatic carbocycles. The number of nitrogens with two attached hydrogens (primary N) is 1. The van der Waals surface area contributed by atoms with Gasteiger partial charge in [-0.15, -0.1) is 0 Å².